The summed E-state index contributed by atoms with van der Waals surface area (Å²) in [7, 11) is 0. The van der Waals surface area contributed by atoms with Crippen LogP contribution < -0.4 is 5.32 Å². The van der Waals surface area contributed by atoms with Crippen LogP contribution in [0, 0.1) is 0 Å². The molecule has 16 heavy (non-hydrogen) atoms. The van der Waals surface area contributed by atoms with Gasteiger partial charge in [0.2, 0.25) is 0 Å². The largest absolute Gasteiger partial charge is 0.393 e. The summed E-state index contributed by atoms with van der Waals surface area (Å²) in [5, 5.41) is 12.7. The third kappa shape index (κ3) is 1.78. The summed E-state index contributed by atoms with van der Waals surface area (Å²) in [4.78, 5) is 8.68. The first-order chi connectivity index (χ1) is 7.83. The molecule has 2 aliphatic rings. The van der Waals surface area contributed by atoms with Crippen molar-refractivity contribution in [2.45, 2.75) is 50.7 Å². The lowest BCUT2D eigenvalue weighted by molar-refractivity contribution is 0.0835. The first-order valence-electron chi connectivity index (χ1n) is 6.10. The van der Waals surface area contributed by atoms with Gasteiger partial charge in [0.1, 0.15) is 12.1 Å². The standard InChI is InChI=1S/C12H17N3O/c16-9-5-8(6-9)15-12-10-3-1-2-4-11(10)13-7-14-12/h7-9,16H,1-6H2,(H,13,14,15). The van der Waals surface area contributed by atoms with E-state index in [0.717, 1.165) is 31.5 Å². The van der Waals surface area contributed by atoms with Gasteiger partial charge in [-0.15, -0.1) is 0 Å². The van der Waals surface area contributed by atoms with Crippen LogP contribution in [0.2, 0.25) is 0 Å². The molecule has 0 radical (unpaired) electrons. The Bertz CT molecular complexity index is 388. The molecule has 0 saturated heterocycles. The van der Waals surface area contributed by atoms with E-state index in [1.165, 1.54) is 24.1 Å². The highest BCUT2D eigenvalue weighted by atomic mass is 16.3. The normalized spacial score (nSPS) is 28.1. The van der Waals surface area contributed by atoms with Gasteiger partial charge in [-0.25, -0.2) is 9.97 Å². The predicted molar refractivity (Wildman–Crippen MR) is 61.3 cm³/mol. The molecule has 4 nitrogen and oxygen atoms in total. The smallest absolute Gasteiger partial charge is 0.133 e. The third-order valence-electron chi connectivity index (χ3n) is 3.58. The van der Waals surface area contributed by atoms with E-state index in [9.17, 15) is 5.11 Å². The lowest BCUT2D eigenvalue weighted by Crippen LogP contribution is -2.39. The topological polar surface area (TPSA) is 58.0 Å². The van der Waals surface area contributed by atoms with Crippen molar-refractivity contribution in [1.82, 2.24) is 9.97 Å². The molecule has 3 rings (SSSR count). The lowest BCUT2D eigenvalue weighted by Gasteiger charge is -2.33. The minimum absolute atomic E-state index is 0.116. The van der Waals surface area contributed by atoms with Gasteiger partial charge in [0.05, 0.1) is 6.10 Å². The van der Waals surface area contributed by atoms with Crippen molar-refractivity contribution in [3.63, 3.8) is 0 Å². The Labute approximate surface area is 95.1 Å². The number of hydrogen-bond donors (Lipinski definition) is 2. The maximum Gasteiger partial charge on any atom is 0.133 e. The van der Waals surface area contributed by atoms with E-state index < -0.39 is 0 Å². The number of hydrogen-bond acceptors (Lipinski definition) is 4. The maximum absolute atomic E-state index is 9.26. The number of aromatic nitrogens is 2. The number of nitrogens with one attached hydrogen (secondary N) is 1. The van der Waals surface area contributed by atoms with Gasteiger partial charge in [-0.1, -0.05) is 0 Å². The van der Waals surface area contributed by atoms with Crippen molar-refractivity contribution in [1.29, 1.82) is 0 Å². The van der Waals surface area contributed by atoms with E-state index in [-0.39, 0.29) is 6.10 Å². The molecule has 0 atom stereocenters. The van der Waals surface area contributed by atoms with Crippen molar-refractivity contribution in [3.05, 3.63) is 17.6 Å². The Morgan fingerprint density at radius 2 is 2.00 bits per heavy atom. The summed E-state index contributed by atoms with van der Waals surface area (Å²) in [6.45, 7) is 0. The number of aryl methyl sites for hydroxylation is 1. The van der Waals surface area contributed by atoms with Crippen molar-refractivity contribution >= 4 is 5.82 Å². The van der Waals surface area contributed by atoms with Gasteiger partial charge in [0.15, 0.2) is 0 Å². The zero-order chi connectivity index (χ0) is 11.0. The molecule has 2 N–H and O–H groups in total. The molecule has 1 heterocycles. The predicted octanol–water partition coefficient (Wildman–Crippen LogP) is 1.29. The summed E-state index contributed by atoms with van der Waals surface area (Å²) in [5.74, 6) is 1.00. The van der Waals surface area contributed by atoms with Gasteiger partial charge < -0.3 is 10.4 Å². The van der Waals surface area contributed by atoms with Gasteiger partial charge in [-0.05, 0) is 38.5 Å². The molecule has 0 aliphatic heterocycles. The highest BCUT2D eigenvalue weighted by Crippen LogP contribution is 2.28. The lowest BCUT2D eigenvalue weighted by atomic mass is 9.89. The van der Waals surface area contributed by atoms with Crippen LogP contribution in [-0.2, 0) is 12.8 Å². The molecule has 0 aromatic carbocycles. The molecule has 0 spiro atoms. The highest BCUT2D eigenvalue weighted by molar-refractivity contribution is 5.48. The molecule has 0 unspecified atom stereocenters. The van der Waals surface area contributed by atoms with Crippen LogP contribution in [0.3, 0.4) is 0 Å². The molecule has 2 aliphatic carbocycles. The number of aliphatic hydroxyl groups is 1. The number of anilines is 1. The monoisotopic (exact) mass is 219 g/mol. The first-order valence-corrected chi connectivity index (χ1v) is 6.10. The molecule has 1 aromatic heterocycles. The number of aliphatic hydroxyl groups excluding tert-OH is 1. The summed E-state index contributed by atoms with van der Waals surface area (Å²) in [6, 6.07) is 0.399. The second kappa shape index (κ2) is 4.01. The van der Waals surface area contributed by atoms with Crippen molar-refractivity contribution < 1.29 is 5.11 Å². The van der Waals surface area contributed by atoms with Crippen LogP contribution >= 0.6 is 0 Å². The van der Waals surface area contributed by atoms with Gasteiger partial charge >= 0.3 is 0 Å². The van der Waals surface area contributed by atoms with Crippen molar-refractivity contribution in [3.8, 4) is 0 Å². The molecular formula is C12H17N3O. The Hall–Kier alpha value is -1.16. The molecule has 1 fully saturated rings. The van der Waals surface area contributed by atoms with Crippen LogP contribution in [0.15, 0.2) is 6.33 Å². The number of nitrogens with zero attached hydrogens (tertiary/aromatic N) is 2. The summed E-state index contributed by atoms with van der Waals surface area (Å²) in [6.07, 6.45) is 7.89. The van der Waals surface area contributed by atoms with E-state index in [2.05, 4.69) is 15.3 Å². The highest BCUT2D eigenvalue weighted by Gasteiger charge is 2.28. The molecule has 4 heteroatoms. The first kappa shape index (κ1) is 10.0. The van der Waals surface area contributed by atoms with E-state index in [0.29, 0.717) is 6.04 Å². The van der Waals surface area contributed by atoms with Gasteiger partial charge in [-0.3, -0.25) is 0 Å². The second-order valence-corrected chi connectivity index (χ2v) is 4.82. The number of fused-ring (bicyclic) bond motifs is 1. The van der Waals surface area contributed by atoms with Gasteiger partial charge in [-0.2, -0.15) is 0 Å². The Balaban J connectivity index is 1.78. The van der Waals surface area contributed by atoms with Crippen molar-refractivity contribution in [2.75, 3.05) is 5.32 Å². The van der Waals surface area contributed by atoms with E-state index in [1.807, 2.05) is 0 Å². The summed E-state index contributed by atoms with van der Waals surface area (Å²) in [5.41, 5.74) is 2.51. The van der Waals surface area contributed by atoms with Crippen LogP contribution in [0.1, 0.15) is 36.9 Å². The second-order valence-electron chi connectivity index (χ2n) is 4.82. The third-order valence-corrected chi connectivity index (χ3v) is 3.58. The van der Waals surface area contributed by atoms with Crippen LogP contribution in [0.4, 0.5) is 5.82 Å². The van der Waals surface area contributed by atoms with Crippen molar-refractivity contribution in [2.24, 2.45) is 0 Å². The zero-order valence-electron chi connectivity index (χ0n) is 9.32. The van der Waals surface area contributed by atoms with Crippen LogP contribution in [0.5, 0.6) is 0 Å². The van der Waals surface area contributed by atoms with E-state index in [4.69, 9.17) is 0 Å². The quantitative estimate of drug-likeness (QED) is 0.787. The van der Waals surface area contributed by atoms with E-state index >= 15 is 0 Å². The fourth-order valence-corrected chi connectivity index (χ4v) is 2.54. The maximum atomic E-state index is 9.26. The Morgan fingerprint density at radius 3 is 2.81 bits per heavy atom. The minimum Gasteiger partial charge on any atom is -0.393 e. The SMILES string of the molecule is OC1CC(Nc2ncnc3c2CCCC3)C1. The van der Waals surface area contributed by atoms with Crippen LogP contribution in [-0.4, -0.2) is 27.2 Å². The Kier molecular flexibility index (Phi) is 2.52. The molecule has 0 bridgehead atoms. The molecule has 0 amide bonds. The van der Waals surface area contributed by atoms with Gasteiger partial charge in [0, 0.05) is 17.3 Å². The fraction of sp³-hybridized carbons (Fsp3) is 0.667. The molecular weight excluding hydrogens is 202 g/mol. The minimum atomic E-state index is -0.116. The molecule has 1 aromatic rings. The average Bonchev–Trinajstić information content (AvgIpc) is 2.27. The summed E-state index contributed by atoms with van der Waals surface area (Å²) >= 11 is 0. The fourth-order valence-electron chi connectivity index (χ4n) is 2.54. The zero-order valence-corrected chi connectivity index (χ0v) is 9.32. The van der Waals surface area contributed by atoms with Gasteiger partial charge in [0.25, 0.3) is 0 Å². The van der Waals surface area contributed by atoms with Crippen LogP contribution in [0.25, 0.3) is 0 Å². The number of rotatable bonds is 2. The summed E-state index contributed by atoms with van der Waals surface area (Å²) < 4.78 is 0. The Morgan fingerprint density at radius 1 is 1.19 bits per heavy atom. The molecule has 1 saturated carbocycles. The molecule has 86 valence electrons. The van der Waals surface area contributed by atoms with E-state index in [1.54, 1.807) is 6.33 Å². The average molecular weight is 219 g/mol.